The average molecular weight is 195 g/mol. The second-order valence-electron chi connectivity index (χ2n) is 5.76. The standard InChI is InChI=1S/C12H21NO/c13-11-8-1-2-9(7-8)12(11)5-3-10(14)4-6-12/h8-11,14H,1-7,13H2/t8-,9+,10?,11-,12?/m1/s1. The molecule has 0 unspecified atom stereocenters. The number of hydrogen-bond acceptors (Lipinski definition) is 2. The van der Waals surface area contributed by atoms with Gasteiger partial charge in [0.05, 0.1) is 6.10 Å². The Morgan fingerprint density at radius 1 is 1.07 bits per heavy atom. The van der Waals surface area contributed by atoms with Gasteiger partial charge < -0.3 is 10.8 Å². The summed E-state index contributed by atoms with van der Waals surface area (Å²) in [5.41, 5.74) is 6.84. The van der Waals surface area contributed by atoms with E-state index in [2.05, 4.69) is 0 Å². The number of aliphatic hydroxyl groups is 1. The molecule has 3 aliphatic carbocycles. The van der Waals surface area contributed by atoms with Gasteiger partial charge in [0, 0.05) is 6.04 Å². The Hall–Kier alpha value is -0.0800. The minimum atomic E-state index is -0.0352. The van der Waals surface area contributed by atoms with Crippen molar-refractivity contribution >= 4 is 0 Å². The van der Waals surface area contributed by atoms with Crippen LogP contribution >= 0.6 is 0 Å². The molecule has 0 amide bonds. The van der Waals surface area contributed by atoms with Crippen molar-refractivity contribution in [1.29, 1.82) is 0 Å². The summed E-state index contributed by atoms with van der Waals surface area (Å²) in [6.45, 7) is 0. The van der Waals surface area contributed by atoms with Gasteiger partial charge in [-0.2, -0.15) is 0 Å². The summed E-state index contributed by atoms with van der Waals surface area (Å²) in [4.78, 5) is 0. The molecule has 0 aliphatic heterocycles. The van der Waals surface area contributed by atoms with Crippen LogP contribution in [-0.2, 0) is 0 Å². The Kier molecular flexibility index (Phi) is 1.94. The van der Waals surface area contributed by atoms with Crippen LogP contribution in [0, 0.1) is 17.3 Å². The van der Waals surface area contributed by atoms with Gasteiger partial charge in [0.2, 0.25) is 0 Å². The van der Waals surface area contributed by atoms with Crippen molar-refractivity contribution in [2.75, 3.05) is 0 Å². The fourth-order valence-corrected chi connectivity index (χ4v) is 4.49. The molecule has 14 heavy (non-hydrogen) atoms. The van der Waals surface area contributed by atoms with E-state index in [1.54, 1.807) is 0 Å². The van der Waals surface area contributed by atoms with Gasteiger partial charge in [-0.3, -0.25) is 0 Å². The molecule has 2 nitrogen and oxygen atoms in total. The van der Waals surface area contributed by atoms with E-state index in [0.717, 1.165) is 24.7 Å². The lowest BCUT2D eigenvalue weighted by Crippen LogP contribution is -2.48. The van der Waals surface area contributed by atoms with Crippen LogP contribution in [0.4, 0.5) is 0 Å². The summed E-state index contributed by atoms with van der Waals surface area (Å²) in [6.07, 6.45) is 8.51. The molecule has 0 radical (unpaired) electrons. The van der Waals surface area contributed by atoms with E-state index in [1.165, 1.54) is 32.1 Å². The zero-order valence-electron chi connectivity index (χ0n) is 8.78. The number of hydrogen-bond donors (Lipinski definition) is 2. The molecule has 0 aromatic carbocycles. The van der Waals surface area contributed by atoms with E-state index in [4.69, 9.17) is 5.73 Å². The topological polar surface area (TPSA) is 46.2 Å². The highest BCUT2D eigenvalue weighted by Gasteiger charge is 2.56. The summed E-state index contributed by atoms with van der Waals surface area (Å²) in [7, 11) is 0. The molecule has 0 heterocycles. The van der Waals surface area contributed by atoms with Crippen molar-refractivity contribution in [3.63, 3.8) is 0 Å². The first kappa shape index (κ1) is 9.17. The molecule has 0 aromatic rings. The summed E-state index contributed by atoms with van der Waals surface area (Å²) in [6, 6.07) is 0.453. The smallest absolute Gasteiger partial charge is 0.0540 e. The van der Waals surface area contributed by atoms with Gasteiger partial charge in [-0.1, -0.05) is 0 Å². The zero-order chi connectivity index (χ0) is 9.76. The van der Waals surface area contributed by atoms with Crippen molar-refractivity contribution in [3.8, 4) is 0 Å². The molecule has 0 aromatic heterocycles. The van der Waals surface area contributed by atoms with Gasteiger partial charge in [0.15, 0.2) is 0 Å². The van der Waals surface area contributed by atoms with Gasteiger partial charge in [-0.05, 0) is 62.2 Å². The van der Waals surface area contributed by atoms with Crippen LogP contribution in [0.5, 0.6) is 0 Å². The predicted octanol–water partition coefficient (Wildman–Crippen LogP) is 1.66. The third-order valence-corrected chi connectivity index (χ3v) is 5.34. The van der Waals surface area contributed by atoms with Crippen molar-refractivity contribution in [1.82, 2.24) is 0 Å². The quantitative estimate of drug-likeness (QED) is 0.617. The second-order valence-corrected chi connectivity index (χ2v) is 5.76. The fourth-order valence-electron chi connectivity index (χ4n) is 4.49. The van der Waals surface area contributed by atoms with Crippen LogP contribution in [0.25, 0.3) is 0 Å². The summed E-state index contributed by atoms with van der Waals surface area (Å²) in [5.74, 6) is 1.71. The first-order valence-electron chi connectivity index (χ1n) is 6.16. The number of rotatable bonds is 0. The van der Waals surface area contributed by atoms with Crippen LogP contribution in [-0.4, -0.2) is 17.3 Å². The second kappa shape index (κ2) is 2.96. The van der Waals surface area contributed by atoms with Crippen LogP contribution in [0.2, 0.25) is 0 Å². The maximum absolute atomic E-state index is 9.57. The molecule has 0 saturated heterocycles. The van der Waals surface area contributed by atoms with Crippen LogP contribution in [0.3, 0.4) is 0 Å². The molecule has 1 spiro atoms. The molecule has 2 bridgehead atoms. The van der Waals surface area contributed by atoms with Crippen molar-refractivity contribution in [2.45, 2.75) is 57.1 Å². The molecule has 3 aliphatic rings. The van der Waals surface area contributed by atoms with Crippen LogP contribution in [0.15, 0.2) is 0 Å². The predicted molar refractivity (Wildman–Crippen MR) is 55.7 cm³/mol. The van der Waals surface area contributed by atoms with Gasteiger partial charge in [-0.15, -0.1) is 0 Å². The molecule has 3 atom stereocenters. The van der Waals surface area contributed by atoms with E-state index in [1.807, 2.05) is 0 Å². The maximum atomic E-state index is 9.57. The lowest BCUT2D eigenvalue weighted by molar-refractivity contribution is 0.0155. The third kappa shape index (κ3) is 1.04. The highest BCUT2D eigenvalue weighted by Crippen LogP contribution is 2.60. The van der Waals surface area contributed by atoms with E-state index < -0.39 is 0 Å². The number of aliphatic hydroxyl groups excluding tert-OH is 1. The van der Waals surface area contributed by atoms with Crippen molar-refractivity contribution in [3.05, 3.63) is 0 Å². The molecular weight excluding hydrogens is 174 g/mol. The summed E-state index contributed by atoms with van der Waals surface area (Å²) < 4.78 is 0. The Morgan fingerprint density at radius 2 is 1.79 bits per heavy atom. The van der Waals surface area contributed by atoms with Gasteiger partial charge in [0.1, 0.15) is 0 Å². The molecule has 2 heteroatoms. The number of fused-ring (bicyclic) bond motifs is 3. The Bertz CT molecular complexity index is 228. The zero-order valence-corrected chi connectivity index (χ0v) is 8.78. The van der Waals surface area contributed by atoms with E-state index in [9.17, 15) is 5.11 Å². The number of nitrogens with two attached hydrogens (primary N) is 1. The Balaban J connectivity index is 1.83. The van der Waals surface area contributed by atoms with E-state index in [-0.39, 0.29) is 6.10 Å². The molecule has 3 fully saturated rings. The first-order valence-corrected chi connectivity index (χ1v) is 6.16. The maximum Gasteiger partial charge on any atom is 0.0540 e. The van der Waals surface area contributed by atoms with Crippen LogP contribution in [0.1, 0.15) is 44.9 Å². The summed E-state index contributed by atoms with van der Waals surface area (Å²) in [5, 5.41) is 9.57. The van der Waals surface area contributed by atoms with Crippen molar-refractivity contribution in [2.24, 2.45) is 23.0 Å². The average Bonchev–Trinajstić information content (AvgIpc) is 2.75. The van der Waals surface area contributed by atoms with Gasteiger partial charge in [0.25, 0.3) is 0 Å². The minimum Gasteiger partial charge on any atom is -0.393 e. The Morgan fingerprint density at radius 3 is 2.36 bits per heavy atom. The molecule has 3 rings (SSSR count). The van der Waals surface area contributed by atoms with Crippen LogP contribution < -0.4 is 5.73 Å². The normalized spacial score (nSPS) is 57.0. The fraction of sp³-hybridized carbons (Fsp3) is 1.00. The largest absolute Gasteiger partial charge is 0.393 e. The van der Waals surface area contributed by atoms with Crippen molar-refractivity contribution < 1.29 is 5.11 Å². The molecule has 3 saturated carbocycles. The van der Waals surface area contributed by atoms with E-state index >= 15 is 0 Å². The SMILES string of the molecule is N[C@@H]1[C@@H]2CC[C@@H](C2)C12CCC(O)CC2. The third-order valence-electron chi connectivity index (χ3n) is 5.34. The highest BCUT2D eigenvalue weighted by atomic mass is 16.3. The molecular formula is C12H21NO. The molecule has 3 N–H and O–H groups in total. The first-order chi connectivity index (χ1) is 6.72. The minimum absolute atomic E-state index is 0.0352. The summed E-state index contributed by atoms with van der Waals surface area (Å²) >= 11 is 0. The van der Waals surface area contributed by atoms with Gasteiger partial charge in [-0.25, -0.2) is 0 Å². The highest BCUT2D eigenvalue weighted by molar-refractivity contribution is 5.09. The monoisotopic (exact) mass is 195 g/mol. The van der Waals surface area contributed by atoms with Gasteiger partial charge >= 0.3 is 0 Å². The lowest BCUT2D eigenvalue weighted by Gasteiger charge is -2.46. The molecule has 80 valence electrons. The Labute approximate surface area is 85.9 Å². The van der Waals surface area contributed by atoms with E-state index in [0.29, 0.717) is 11.5 Å². The lowest BCUT2D eigenvalue weighted by atomic mass is 9.62.